The SMILES string of the molecule is Cc1cc(C)c(C(Br)c2cc(C)c(Br)cc2C)c(C)c1. The van der Waals surface area contributed by atoms with Crippen LogP contribution in [0.2, 0.25) is 0 Å². The highest BCUT2D eigenvalue weighted by molar-refractivity contribution is 9.10. The molecule has 0 aromatic heterocycles. The van der Waals surface area contributed by atoms with Gasteiger partial charge in [-0.2, -0.15) is 0 Å². The van der Waals surface area contributed by atoms with Crippen molar-refractivity contribution in [2.45, 2.75) is 39.4 Å². The van der Waals surface area contributed by atoms with Gasteiger partial charge < -0.3 is 0 Å². The first kappa shape index (κ1) is 15.8. The average molecular weight is 396 g/mol. The van der Waals surface area contributed by atoms with E-state index >= 15 is 0 Å². The van der Waals surface area contributed by atoms with Crippen LogP contribution in [0.25, 0.3) is 0 Å². The van der Waals surface area contributed by atoms with Crippen LogP contribution >= 0.6 is 31.9 Å². The second-order valence-electron chi connectivity index (χ2n) is 5.63. The molecule has 0 radical (unpaired) electrons. The number of aryl methyl sites for hydroxylation is 5. The first-order valence-corrected chi connectivity index (χ1v) is 8.50. The predicted octanol–water partition coefficient (Wildman–Crippen LogP) is 6.48. The van der Waals surface area contributed by atoms with Crippen molar-refractivity contribution in [3.05, 3.63) is 67.7 Å². The molecule has 2 aromatic carbocycles. The summed E-state index contributed by atoms with van der Waals surface area (Å²) >= 11 is 7.52. The van der Waals surface area contributed by atoms with Crippen LogP contribution in [0.3, 0.4) is 0 Å². The van der Waals surface area contributed by atoms with Crippen molar-refractivity contribution in [1.82, 2.24) is 0 Å². The first-order valence-electron chi connectivity index (χ1n) is 6.79. The molecule has 0 spiro atoms. The van der Waals surface area contributed by atoms with Gasteiger partial charge in [-0.1, -0.05) is 55.6 Å². The van der Waals surface area contributed by atoms with Gasteiger partial charge in [0.2, 0.25) is 0 Å². The van der Waals surface area contributed by atoms with E-state index in [4.69, 9.17) is 0 Å². The van der Waals surface area contributed by atoms with E-state index in [9.17, 15) is 0 Å². The Morgan fingerprint density at radius 3 is 1.85 bits per heavy atom. The van der Waals surface area contributed by atoms with Gasteiger partial charge in [-0.3, -0.25) is 0 Å². The van der Waals surface area contributed by atoms with Crippen LogP contribution in [0.4, 0.5) is 0 Å². The molecular formula is C18H20Br2. The summed E-state index contributed by atoms with van der Waals surface area (Å²) in [7, 11) is 0. The fraction of sp³-hybridized carbons (Fsp3) is 0.333. The summed E-state index contributed by atoms with van der Waals surface area (Å²) in [5, 5.41) is 0. The molecule has 106 valence electrons. The topological polar surface area (TPSA) is 0 Å². The maximum Gasteiger partial charge on any atom is 0.0652 e. The lowest BCUT2D eigenvalue weighted by Crippen LogP contribution is -2.02. The molecule has 0 amide bonds. The molecule has 0 N–H and O–H groups in total. The normalized spacial score (nSPS) is 12.6. The lowest BCUT2D eigenvalue weighted by molar-refractivity contribution is 1.08. The third-order valence-corrected chi connectivity index (χ3v) is 5.62. The second kappa shape index (κ2) is 6.03. The third-order valence-electron chi connectivity index (χ3n) is 3.81. The summed E-state index contributed by atoms with van der Waals surface area (Å²) in [5.41, 5.74) is 9.35. The van der Waals surface area contributed by atoms with Gasteiger partial charge in [0.1, 0.15) is 0 Å². The van der Waals surface area contributed by atoms with E-state index in [0.717, 1.165) is 0 Å². The van der Waals surface area contributed by atoms with Crippen LogP contribution in [0, 0.1) is 34.6 Å². The zero-order valence-electron chi connectivity index (χ0n) is 12.6. The smallest absolute Gasteiger partial charge is 0.0652 e. The van der Waals surface area contributed by atoms with Gasteiger partial charge in [-0.25, -0.2) is 0 Å². The van der Waals surface area contributed by atoms with Gasteiger partial charge in [0.05, 0.1) is 4.83 Å². The Labute approximate surface area is 138 Å². The molecule has 1 unspecified atom stereocenters. The molecule has 0 saturated heterocycles. The highest BCUT2D eigenvalue weighted by Crippen LogP contribution is 2.38. The second-order valence-corrected chi connectivity index (χ2v) is 7.40. The number of rotatable bonds is 2. The van der Waals surface area contributed by atoms with Gasteiger partial charge in [-0.15, -0.1) is 0 Å². The predicted molar refractivity (Wildman–Crippen MR) is 95.0 cm³/mol. The largest absolute Gasteiger partial charge is 0.0786 e. The molecule has 0 aliphatic rings. The highest BCUT2D eigenvalue weighted by Gasteiger charge is 2.18. The Balaban J connectivity index is 2.57. The van der Waals surface area contributed by atoms with Crippen LogP contribution in [-0.4, -0.2) is 0 Å². The van der Waals surface area contributed by atoms with Crippen molar-refractivity contribution in [3.8, 4) is 0 Å². The Morgan fingerprint density at radius 1 is 0.750 bits per heavy atom. The minimum Gasteiger partial charge on any atom is -0.0786 e. The summed E-state index contributed by atoms with van der Waals surface area (Å²) in [5.74, 6) is 0. The van der Waals surface area contributed by atoms with Gasteiger partial charge in [0, 0.05) is 4.47 Å². The van der Waals surface area contributed by atoms with Crippen LogP contribution in [0.5, 0.6) is 0 Å². The molecular weight excluding hydrogens is 376 g/mol. The van der Waals surface area contributed by atoms with E-state index in [2.05, 4.69) is 90.7 Å². The van der Waals surface area contributed by atoms with E-state index in [1.807, 2.05) is 0 Å². The molecule has 0 aliphatic heterocycles. The summed E-state index contributed by atoms with van der Waals surface area (Å²) in [4.78, 5) is 0.245. The van der Waals surface area contributed by atoms with Gasteiger partial charge >= 0.3 is 0 Å². The maximum atomic E-state index is 3.91. The zero-order chi connectivity index (χ0) is 15.0. The molecule has 20 heavy (non-hydrogen) atoms. The summed E-state index contributed by atoms with van der Waals surface area (Å²) in [6.07, 6.45) is 0. The van der Waals surface area contributed by atoms with Crippen LogP contribution in [0.1, 0.15) is 43.8 Å². The van der Waals surface area contributed by atoms with Crippen molar-refractivity contribution in [1.29, 1.82) is 0 Å². The van der Waals surface area contributed by atoms with Crippen LogP contribution < -0.4 is 0 Å². The van der Waals surface area contributed by atoms with E-state index in [1.54, 1.807) is 0 Å². The molecule has 2 heteroatoms. The molecule has 1 atom stereocenters. The number of halogens is 2. The number of alkyl halides is 1. The number of hydrogen-bond acceptors (Lipinski definition) is 0. The van der Waals surface area contributed by atoms with Gasteiger partial charge in [0.25, 0.3) is 0 Å². The Morgan fingerprint density at radius 2 is 1.30 bits per heavy atom. The van der Waals surface area contributed by atoms with Gasteiger partial charge in [0.15, 0.2) is 0 Å². The fourth-order valence-corrected chi connectivity index (χ4v) is 4.50. The molecule has 0 nitrogen and oxygen atoms in total. The Hall–Kier alpha value is -0.600. The van der Waals surface area contributed by atoms with Crippen molar-refractivity contribution in [2.75, 3.05) is 0 Å². The molecule has 0 fully saturated rings. The van der Waals surface area contributed by atoms with E-state index in [0.29, 0.717) is 0 Å². The molecule has 2 rings (SSSR count). The van der Waals surface area contributed by atoms with Gasteiger partial charge in [-0.05, 0) is 74.1 Å². The van der Waals surface area contributed by atoms with Crippen molar-refractivity contribution < 1.29 is 0 Å². The molecule has 0 bridgehead atoms. The van der Waals surface area contributed by atoms with E-state index in [-0.39, 0.29) is 4.83 Å². The monoisotopic (exact) mass is 394 g/mol. The lowest BCUT2D eigenvalue weighted by Gasteiger charge is -2.20. The standard InChI is InChI=1S/C18H20Br2/c1-10-6-13(4)17(14(5)7-10)18(20)15-8-12(3)16(19)9-11(15)2/h6-9,18H,1-5H3. The Kier molecular flexibility index (Phi) is 4.76. The van der Waals surface area contributed by atoms with Crippen LogP contribution in [-0.2, 0) is 0 Å². The summed E-state index contributed by atoms with van der Waals surface area (Å²) in [6.45, 7) is 10.9. The molecule has 0 aliphatic carbocycles. The fourth-order valence-electron chi connectivity index (χ4n) is 2.82. The van der Waals surface area contributed by atoms with Crippen molar-refractivity contribution in [2.24, 2.45) is 0 Å². The Bertz CT molecular complexity index is 634. The molecule has 0 heterocycles. The quantitative estimate of drug-likeness (QED) is 0.510. The van der Waals surface area contributed by atoms with E-state index in [1.165, 1.54) is 43.4 Å². The molecule has 0 saturated carbocycles. The lowest BCUT2D eigenvalue weighted by atomic mass is 9.92. The van der Waals surface area contributed by atoms with Crippen molar-refractivity contribution >= 4 is 31.9 Å². The minimum atomic E-state index is 0.245. The molecule has 2 aromatic rings. The zero-order valence-corrected chi connectivity index (χ0v) is 15.8. The summed E-state index contributed by atoms with van der Waals surface area (Å²) < 4.78 is 1.18. The average Bonchev–Trinajstić information content (AvgIpc) is 2.32. The minimum absolute atomic E-state index is 0.245. The van der Waals surface area contributed by atoms with Crippen molar-refractivity contribution in [3.63, 3.8) is 0 Å². The summed E-state index contributed by atoms with van der Waals surface area (Å²) in [6, 6.07) is 9.00. The first-order chi connectivity index (χ1) is 9.31. The highest BCUT2D eigenvalue weighted by atomic mass is 79.9. The third kappa shape index (κ3) is 3.01. The van der Waals surface area contributed by atoms with Crippen LogP contribution in [0.15, 0.2) is 28.7 Å². The van der Waals surface area contributed by atoms with E-state index < -0.39 is 0 Å². The number of hydrogen-bond donors (Lipinski definition) is 0. The maximum absolute atomic E-state index is 3.91. The number of benzene rings is 2.